The lowest BCUT2D eigenvalue weighted by Gasteiger charge is -2.17. The molecule has 1 aromatic heterocycles. The number of aromatic nitrogens is 2. The molecule has 6 heteroatoms. The molecule has 98 valence electrons. The van der Waals surface area contributed by atoms with Crippen molar-refractivity contribution >= 4 is 11.6 Å². The van der Waals surface area contributed by atoms with Crippen LogP contribution in [0, 0.1) is 0 Å². The SMILES string of the molecule is COCCNCC(O)c1c(Cl)cnn1C(C)C. The first-order valence-electron chi connectivity index (χ1n) is 5.68. The standard InChI is InChI=1S/C11H20ClN3O2/c1-8(2)15-11(9(12)6-14-15)10(16)7-13-4-5-17-3/h6,8,10,13,16H,4-5,7H2,1-3H3. The monoisotopic (exact) mass is 261 g/mol. The smallest absolute Gasteiger partial charge is 0.110 e. The van der Waals surface area contributed by atoms with E-state index in [0.29, 0.717) is 30.4 Å². The van der Waals surface area contributed by atoms with Crippen molar-refractivity contribution in [3.63, 3.8) is 0 Å². The van der Waals surface area contributed by atoms with E-state index < -0.39 is 6.10 Å². The summed E-state index contributed by atoms with van der Waals surface area (Å²) in [6.45, 7) is 5.74. The molecule has 0 aliphatic heterocycles. The van der Waals surface area contributed by atoms with Crippen LogP contribution in [0.3, 0.4) is 0 Å². The van der Waals surface area contributed by atoms with E-state index in [1.54, 1.807) is 18.0 Å². The Balaban J connectivity index is 2.61. The fraction of sp³-hybridized carbons (Fsp3) is 0.727. The summed E-state index contributed by atoms with van der Waals surface area (Å²) in [7, 11) is 1.64. The lowest BCUT2D eigenvalue weighted by molar-refractivity contribution is 0.152. The van der Waals surface area contributed by atoms with E-state index in [9.17, 15) is 5.11 Å². The van der Waals surface area contributed by atoms with Gasteiger partial charge in [0.2, 0.25) is 0 Å². The third-order valence-electron chi connectivity index (χ3n) is 2.41. The van der Waals surface area contributed by atoms with Crippen LogP contribution in [0.4, 0.5) is 0 Å². The molecule has 5 nitrogen and oxygen atoms in total. The van der Waals surface area contributed by atoms with Crippen LogP contribution in [0.1, 0.15) is 31.7 Å². The van der Waals surface area contributed by atoms with Gasteiger partial charge in [-0.2, -0.15) is 5.10 Å². The predicted molar refractivity (Wildman–Crippen MR) is 67.3 cm³/mol. The van der Waals surface area contributed by atoms with Crippen molar-refractivity contribution in [3.05, 3.63) is 16.9 Å². The quantitative estimate of drug-likeness (QED) is 0.729. The minimum Gasteiger partial charge on any atom is -0.385 e. The van der Waals surface area contributed by atoms with Gasteiger partial charge >= 0.3 is 0 Å². The van der Waals surface area contributed by atoms with Crippen LogP contribution >= 0.6 is 11.6 Å². The Morgan fingerprint density at radius 1 is 1.59 bits per heavy atom. The number of hydrogen-bond donors (Lipinski definition) is 2. The van der Waals surface area contributed by atoms with Crippen molar-refractivity contribution in [2.45, 2.75) is 26.0 Å². The summed E-state index contributed by atoms with van der Waals surface area (Å²) in [5, 5.41) is 17.8. The van der Waals surface area contributed by atoms with Gasteiger partial charge in [-0.1, -0.05) is 11.6 Å². The third-order valence-corrected chi connectivity index (χ3v) is 2.70. The number of halogens is 1. The number of nitrogens with zero attached hydrogens (tertiary/aromatic N) is 2. The van der Waals surface area contributed by atoms with Gasteiger partial charge in [0.1, 0.15) is 6.10 Å². The van der Waals surface area contributed by atoms with Crippen molar-refractivity contribution in [1.29, 1.82) is 0 Å². The fourth-order valence-electron chi connectivity index (χ4n) is 1.58. The molecule has 0 radical (unpaired) electrons. The molecule has 1 atom stereocenters. The Morgan fingerprint density at radius 2 is 2.29 bits per heavy atom. The lowest BCUT2D eigenvalue weighted by Crippen LogP contribution is -2.26. The van der Waals surface area contributed by atoms with Crippen molar-refractivity contribution in [2.24, 2.45) is 0 Å². The maximum atomic E-state index is 10.1. The molecule has 1 aromatic rings. The van der Waals surface area contributed by atoms with Gasteiger partial charge in [0.25, 0.3) is 0 Å². The molecule has 0 saturated carbocycles. The zero-order valence-corrected chi connectivity index (χ0v) is 11.2. The summed E-state index contributed by atoms with van der Waals surface area (Å²) in [6, 6.07) is 0.172. The Morgan fingerprint density at radius 3 is 2.88 bits per heavy atom. The van der Waals surface area contributed by atoms with Gasteiger partial charge in [0, 0.05) is 26.2 Å². The Bertz CT molecular complexity index is 341. The molecule has 0 fully saturated rings. The van der Waals surface area contributed by atoms with Crippen LogP contribution in [0.2, 0.25) is 5.02 Å². The molecule has 17 heavy (non-hydrogen) atoms. The van der Waals surface area contributed by atoms with Gasteiger partial charge in [0.05, 0.1) is 23.5 Å². The largest absolute Gasteiger partial charge is 0.385 e. The van der Waals surface area contributed by atoms with E-state index in [-0.39, 0.29) is 6.04 Å². The van der Waals surface area contributed by atoms with Crippen molar-refractivity contribution in [2.75, 3.05) is 26.8 Å². The number of ether oxygens (including phenoxy) is 1. The van der Waals surface area contributed by atoms with E-state index in [2.05, 4.69) is 10.4 Å². The second-order valence-electron chi connectivity index (χ2n) is 4.13. The second-order valence-corrected chi connectivity index (χ2v) is 4.54. The molecular weight excluding hydrogens is 242 g/mol. The van der Waals surface area contributed by atoms with Crippen LogP contribution in [-0.2, 0) is 4.74 Å². The van der Waals surface area contributed by atoms with Crippen LogP contribution in [-0.4, -0.2) is 41.7 Å². The highest BCUT2D eigenvalue weighted by Gasteiger charge is 2.19. The number of aliphatic hydroxyl groups is 1. The van der Waals surface area contributed by atoms with E-state index in [4.69, 9.17) is 16.3 Å². The fourth-order valence-corrected chi connectivity index (χ4v) is 1.84. The molecule has 2 N–H and O–H groups in total. The minimum atomic E-state index is -0.663. The third kappa shape index (κ3) is 3.96. The average Bonchev–Trinajstić information content (AvgIpc) is 2.66. The van der Waals surface area contributed by atoms with Crippen molar-refractivity contribution < 1.29 is 9.84 Å². The zero-order valence-electron chi connectivity index (χ0n) is 10.5. The molecule has 0 aromatic carbocycles. The number of hydrogen-bond acceptors (Lipinski definition) is 4. The van der Waals surface area contributed by atoms with Gasteiger partial charge in [-0.05, 0) is 13.8 Å². The molecule has 0 aliphatic rings. The Hall–Kier alpha value is -0.620. The summed E-state index contributed by atoms with van der Waals surface area (Å²) in [5.41, 5.74) is 0.659. The summed E-state index contributed by atoms with van der Waals surface area (Å²) in [5.74, 6) is 0. The number of rotatable bonds is 7. The molecule has 1 unspecified atom stereocenters. The van der Waals surface area contributed by atoms with Gasteiger partial charge in [0.15, 0.2) is 0 Å². The maximum Gasteiger partial charge on any atom is 0.110 e. The van der Waals surface area contributed by atoms with Crippen LogP contribution in [0.25, 0.3) is 0 Å². The van der Waals surface area contributed by atoms with Gasteiger partial charge in [-0.15, -0.1) is 0 Å². The van der Waals surface area contributed by atoms with Crippen molar-refractivity contribution in [1.82, 2.24) is 15.1 Å². The lowest BCUT2D eigenvalue weighted by atomic mass is 10.2. The summed E-state index contributed by atoms with van der Waals surface area (Å²) >= 11 is 6.03. The Labute approximate surface area is 107 Å². The molecular formula is C11H20ClN3O2. The first kappa shape index (κ1) is 14.4. The van der Waals surface area contributed by atoms with Crippen molar-refractivity contribution in [3.8, 4) is 0 Å². The summed E-state index contributed by atoms with van der Waals surface area (Å²) in [6.07, 6.45) is 0.902. The summed E-state index contributed by atoms with van der Waals surface area (Å²) < 4.78 is 6.65. The van der Waals surface area contributed by atoms with Gasteiger partial charge < -0.3 is 15.2 Å². The zero-order chi connectivity index (χ0) is 12.8. The number of aliphatic hydroxyl groups excluding tert-OH is 1. The predicted octanol–water partition coefficient (Wildman–Crippen LogP) is 1.39. The molecule has 0 amide bonds. The number of methoxy groups -OCH3 is 1. The van der Waals surface area contributed by atoms with Gasteiger partial charge in [-0.3, -0.25) is 4.68 Å². The second kappa shape index (κ2) is 6.96. The topological polar surface area (TPSA) is 59.3 Å². The van der Waals surface area contributed by atoms with Gasteiger partial charge in [-0.25, -0.2) is 0 Å². The molecule has 0 aliphatic carbocycles. The van der Waals surface area contributed by atoms with Crippen LogP contribution < -0.4 is 5.32 Å². The normalized spacial score (nSPS) is 13.3. The summed E-state index contributed by atoms with van der Waals surface area (Å²) in [4.78, 5) is 0. The highest BCUT2D eigenvalue weighted by atomic mass is 35.5. The maximum absolute atomic E-state index is 10.1. The highest BCUT2D eigenvalue weighted by Crippen LogP contribution is 2.24. The van der Waals surface area contributed by atoms with Crippen LogP contribution in [0.5, 0.6) is 0 Å². The molecule has 0 saturated heterocycles. The minimum absolute atomic E-state index is 0.172. The first-order chi connectivity index (χ1) is 8.07. The molecule has 1 heterocycles. The van der Waals surface area contributed by atoms with E-state index >= 15 is 0 Å². The first-order valence-corrected chi connectivity index (χ1v) is 6.06. The highest BCUT2D eigenvalue weighted by molar-refractivity contribution is 6.31. The molecule has 0 spiro atoms. The molecule has 1 rings (SSSR count). The van der Waals surface area contributed by atoms with E-state index in [1.165, 1.54) is 0 Å². The average molecular weight is 262 g/mol. The molecule has 0 bridgehead atoms. The van der Waals surface area contributed by atoms with Crippen LogP contribution in [0.15, 0.2) is 6.20 Å². The Kier molecular flexibility index (Phi) is 5.91. The van der Waals surface area contributed by atoms with E-state index in [0.717, 1.165) is 0 Å². The number of nitrogens with one attached hydrogen (secondary N) is 1. The van der Waals surface area contributed by atoms with E-state index in [1.807, 2.05) is 13.8 Å².